The fourth-order valence-corrected chi connectivity index (χ4v) is 32.4. The molecule has 8 atom stereocenters. The fraction of sp³-hybridized carbons (Fsp3) is 0.733. The van der Waals surface area contributed by atoms with Crippen LogP contribution in [0, 0.1) is 27.1 Å². The molecule has 4 spiro atoms. The molecule has 10 aliphatic rings. The van der Waals surface area contributed by atoms with Gasteiger partial charge in [0.1, 0.15) is 33.1 Å². The summed E-state index contributed by atoms with van der Waals surface area (Å²) in [5.41, 5.74) is 2.40. The van der Waals surface area contributed by atoms with Crippen molar-refractivity contribution in [3.63, 3.8) is 0 Å². The molecule has 0 aromatic heterocycles. The van der Waals surface area contributed by atoms with Crippen LogP contribution in [0.3, 0.4) is 0 Å². The second-order valence-electron chi connectivity index (χ2n) is 21.5. The van der Waals surface area contributed by atoms with E-state index in [2.05, 4.69) is 115 Å². The lowest BCUT2D eigenvalue weighted by atomic mass is 9.23. The zero-order valence-electron chi connectivity index (χ0n) is 35.6. The zero-order chi connectivity index (χ0) is 38.8. The van der Waals surface area contributed by atoms with E-state index in [0.717, 1.165) is 63.2 Å². The number of fused-ring (bicyclic) bond motifs is 10. The smallest absolute Gasteiger partial charge is 0.210 e. The maximum Gasteiger partial charge on any atom is 0.210 e. The van der Waals surface area contributed by atoms with Crippen LogP contribution >= 0.6 is 0 Å². The van der Waals surface area contributed by atoms with Crippen LogP contribution in [0.25, 0.3) is 0 Å². The molecule has 12 rings (SSSR count). The summed E-state index contributed by atoms with van der Waals surface area (Å²) in [6.45, 7) is 26.5. The van der Waals surface area contributed by atoms with Crippen molar-refractivity contribution >= 4 is 34.7 Å². The lowest BCUT2D eigenvalue weighted by Gasteiger charge is -2.81. The molecule has 6 heterocycles. The van der Waals surface area contributed by atoms with Crippen molar-refractivity contribution in [2.24, 2.45) is 27.1 Å². The summed E-state index contributed by atoms with van der Waals surface area (Å²) in [5, 5.41) is -0.418. The molecule has 2 aromatic carbocycles. The molecule has 8 unspecified atom stereocenters. The van der Waals surface area contributed by atoms with Crippen LogP contribution in [0.4, 0.5) is 0 Å². The Kier molecular flexibility index (Phi) is 7.95. The summed E-state index contributed by atoms with van der Waals surface area (Å²) >= 11 is 0. The Hall–Kier alpha value is -1.25. The predicted octanol–water partition coefficient (Wildman–Crippen LogP) is 10.3. The maximum absolute atomic E-state index is 7.83. The van der Waals surface area contributed by atoms with Gasteiger partial charge in [-0.3, -0.25) is 0 Å². The SMILES string of the molecule is C[SiH](C)O[Si](C)(C)C12CCC3(C(C)(C)C45CCC46CCCOc4ccc(cc4)C64OC4([Si](C)(C)O[SiH](C)C)CC5)CCC34CCCOc3ccc(cc3)C41O2. The number of hydrogen-bond donors (Lipinski definition) is 0. The Labute approximate surface area is 336 Å². The molecule has 6 fully saturated rings. The molecule has 0 amide bonds. The van der Waals surface area contributed by atoms with Crippen LogP contribution in [0.2, 0.25) is 52.4 Å². The highest BCUT2D eigenvalue weighted by Crippen LogP contribution is 2.94. The molecule has 0 radical (unpaired) electrons. The van der Waals surface area contributed by atoms with Gasteiger partial charge in [-0.25, -0.2) is 0 Å². The molecule has 0 N–H and O–H groups in total. The van der Waals surface area contributed by atoms with E-state index >= 15 is 0 Å². The lowest BCUT2D eigenvalue weighted by molar-refractivity contribution is -0.321. The van der Waals surface area contributed by atoms with Crippen LogP contribution < -0.4 is 9.47 Å². The van der Waals surface area contributed by atoms with Crippen molar-refractivity contribution in [2.75, 3.05) is 13.2 Å². The molecule has 6 aliphatic heterocycles. The first-order valence-corrected chi connectivity index (χ1v) is 33.5. The van der Waals surface area contributed by atoms with Gasteiger partial charge < -0.3 is 27.2 Å². The highest BCUT2D eigenvalue weighted by Gasteiger charge is 2.97. The Morgan fingerprint density at radius 3 is 1.22 bits per heavy atom. The van der Waals surface area contributed by atoms with E-state index in [-0.39, 0.29) is 48.7 Å². The first-order chi connectivity index (χ1) is 25.9. The van der Waals surface area contributed by atoms with E-state index in [9.17, 15) is 0 Å². The fourth-order valence-electron chi connectivity index (χ4n) is 16.8. The Bertz CT molecular complexity index is 1750. The van der Waals surface area contributed by atoms with Gasteiger partial charge in [0.05, 0.1) is 13.2 Å². The van der Waals surface area contributed by atoms with Crippen molar-refractivity contribution in [1.29, 1.82) is 0 Å². The summed E-state index contributed by atoms with van der Waals surface area (Å²) in [6.07, 6.45) is 14.1. The van der Waals surface area contributed by atoms with Gasteiger partial charge in [-0.1, -0.05) is 38.1 Å². The highest BCUT2D eigenvalue weighted by atomic mass is 28.4. The minimum Gasteiger partial charge on any atom is -0.494 e. The lowest BCUT2D eigenvalue weighted by Crippen LogP contribution is -2.78. The molecule has 2 saturated heterocycles. The summed E-state index contributed by atoms with van der Waals surface area (Å²) in [4.78, 5) is 0. The van der Waals surface area contributed by atoms with E-state index < -0.39 is 34.7 Å². The molecular formula is C45H68O6Si4. The molecule has 6 nitrogen and oxygen atoms in total. The third kappa shape index (κ3) is 4.07. The third-order valence-corrected chi connectivity index (χ3v) is 32.4. The zero-order valence-corrected chi connectivity index (χ0v) is 39.9. The third-order valence-electron chi connectivity index (χ3n) is 18.6. The van der Waals surface area contributed by atoms with Crippen LogP contribution in [0.1, 0.15) is 102 Å². The summed E-state index contributed by atoms with van der Waals surface area (Å²) in [7, 11) is -7.19. The van der Waals surface area contributed by atoms with Gasteiger partial charge in [0.2, 0.25) is 16.6 Å². The molecule has 4 aliphatic carbocycles. The normalized spacial score (nSPS) is 42.5. The summed E-state index contributed by atoms with van der Waals surface area (Å²) in [6, 6.07) is 18.5. The average molecular weight is 817 g/mol. The largest absolute Gasteiger partial charge is 0.494 e. The molecule has 300 valence electrons. The van der Waals surface area contributed by atoms with Gasteiger partial charge in [-0.2, -0.15) is 0 Å². The van der Waals surface area contributed by atoms with Crippen molar-refractivity contribution in [1.82, 2.24) is 0 Å². The molecule has 4 saturated carbocycles. The van der Waals surface area contributed by atoms with E-state index in [1.54, 1.807) is 0 Å². The topological polar surface area (TPSA) is 62.0 Å². The van der Waals surface area contributed by atoms with Crippen LogP contribution in [0.15, 0.2) is 48.5 Å². The highest BCUT2D eigenvalue weighted by molar-refractivity contribution is 6.81. The van der Waals surface area contributed by atoms with Crippen LogP contribution in [0.5, 0.6) is 11.5 Å². The number of rotatable bonds is 8. The second-order valence-corrected chi connectivity index (χ2v) is 35.2. The summed E-state index contributed by atoms with van der Waals surface area (Å²) in [5.74, 6) is 1.97. The molecule has 55 heavy (non-hydrogen) atoms. The second kappa shape index (κ2) is 11.5. The Balaban J connectivity index is 1.17. The monoisotopic (exact) mass is 816 g/mol. The van der Waals surface area contributed by atoms with E-state index in [1.165, 1.54) is 49.7 Å². The first kappa shape index (κ1) is 38.0. The van der Waals surface area contributed by atoms with Crippen molar-refractivity contribution in [3.8, 4) is 11.5 Å². The first-order valence-electron chi connectivity index (χ1n) is 22.2. The number of hydrogen-bond acceptors (Lipinski definition) is 6. The molecule has 4 bridgehead atoms. The maximum atomic E-state index is 7.83. The van der Waals surface area contributed by atoms with E-state index in [4.69, 9.17) is 27.2 Å². The van der Waals surface area contributed by atoms with Gasteiger partial charge in [0.15, 0.2) is 18.1 Å². The number of ether oxygens (including phenoxy) is 4. The van der Waals surface area contributed by atoms with E-state index in [0.29, 0.717) is 0 Å². The Morgan fingerprint density at radius 2 is 0.891 bits per heavy atom. The molecular weight excluding hydrogens is 749 g/mol. The van der Waals surface area contributed by atoms with Gasteiger partial charge in [-0.15, -0.1) is 0 Å². The molecule has 2 aromatic rings. The van der Waals surface area contributed by atoms with Gasteiger partial charge in [0.25, 0.3) is 0 Å². The van der Waals surface area contributed by atoms with Crippen LogP contribution in [-0.2, 0) is 28.9 Å². The van der Waals surface area contributed by atoms with Crippen LogP contribution in [-0.4, -0.2) is 58.4 Å². The summed E-state index contributed by atoms with van der Waals surface area (Å²) < 4.78 is 43.0. The van der Waals surface area contributed by atoms with Gasteiger partial charge in [-0.05, 0) is 181 Å². The van der Waals surface area contributed by atoms with Gasteiger partial charge >= 0.3 is 0 Å². The standard InChI is InChI=1S/C45H68O6Si4/c1-37(2,38-23-25-40(38)21-11-31-46-35-17-13-33(14-18-35)44(40)42(48-44,29-27-38)54(7,8)50-52(3)4)39-24-26-41(39)22-12-32-47-36-19-15-34(16-20-36)45(41)43(49-45,30-28-39)55(9,10)51-53(5)6/h13-20,52-53H,11-12,21-32H2,1-10H3. The number of epoxide rings is 2. The van der Waals surface area contributed by atoms with Crippen molar-refractivity contribution < 1.29 is 27.2 Å². The van der Waals surface area contributed by atoms with Crippen molar-refractivity contribution in [2.45, 2.75) is 165 Å². The van der Waals surface area contributed by atoms with Gasteiger partial charge in [0, 0.05) is 10.8 Å². The quantitative estimate of drug-likeness (QED) is 0.195. The Morgan fingerprint density at radius 1 is 0.527 bits per heavy atom. The number of benzene rings is 2. The average Bonchev–Trinajstić information content (AvgIpc) is 4.00. The minimum atomic E-state index is -2.29. The van der Waals surface area contributed by atoms with Crippen molar-refractivity contribution in [3.05, 3.63) is 59.7 Å². The minimum absolute atomic E-state index is 0.00882. The predicted molar refractivity (Wildman–Crippen MR) is 229 cm³/mol. The van der Waals surface area contributed by atoms with E-state index in [1.807, 2.05) is 0 Å². The molecule has 10 heteroatoms.